The summed E-state index contributed by atoms with van der Waals surface area (Å²) in [5.74, 6) is -2.91. The minimum atomic E-state index is -4.79. The molecule has 3 aromatic heterocycles. The molecule has 0 aliphatic rings. The number of carbonyl (C=O) groups is 1. The first kappa shape index (κ1) is 24.6. The lowest BCUT2D eigenvalue weighted by atomic mass is 10.3. The molecule has 10 nitrogen and oxygen atoms in total. The summed E-state index contributed by atoms with van der Waals surface area (Å²) in [5, 5.41) is 23.0. The SMILES string of the molecule is O=C(O)[C@H](CO)Nc1nc(Nc2ccnc(C(F)(F)F)c2)nc(-c2cccc(C(F)(F)F)n2)n1. The van der Waals surface area contributed by atoms with Crippen molar-refractivity contribution in [2.45, 2.75) is 18.4 Å². The molecule has 0 bridgehead atoms. The Morgan fingerprint density at radius 2 is 1.62 bits per heavy atom. The van der Waals surface area contributed by atoms with E-state index in [0.717, 1.165) is 24.4 Å². The number of aliphatic carboxylic acids is 1. The molecule has 16 heteroatoms. The van der Waals surface area contributed by atoms with Gasteiger partial charge in [0.25, 0.3) is 0 Å². The molecule has 4 N–H and O–H groups in total. The molecule has 0 aliphatic carbocycles. The van der Waals surface area contributed by atoms with Gasteiger partial charge in [0.2, 0.25) is 11.9 Å². The zero-order chi connectivity index (χ0) is 25.1. The maximum Gasteiger partial charge on any atom is 0.433 e. The van der Waals surface area contributed by atoms with Crippen molar-refractivity contribution in [3.63, 3.8) is 0 Å². The predicted molar refractivity (Wildman–Crippen MR) is 103 cm³/mol. The molecule has 0 fully saturated rings. The van der Waals surface area contributed by atoms with E-state index < -0.39 is 60.1 Å². The summed E-state index contributed by atoms with van der Waals surface area (Å²) in [6, 6.07) is 3.03. The minimum Gasteiger partial charge on any atom is -0.480 e. The maximum absolute atomic E-state index is 13.0. The lowest BCUT2D eigenvalue weighted by Gasteiger charge is -2.14. The van der Waals surface area contributed by atoms with Crippen molar-refractivity contribution in [3.8, 4) is 11.5 Å². The summed E-state index contributed by atoms with van der Waals surface area (Å²) in [6.45, 7) is -0.903. The lowest BCUT2D eigenvalue weighted by molar-refractivity contribution is -0.141. The van der Waals surface area contributed by atoms with Crippen molar-refractivity contribution in [2.75, 3.05) is 17.2 Å². The molecule has 3 aromatic rings. The van der Waals surface area contributed by atoms with Gasteiger partial charge >= 0.3 is 18.3 Å². The Bertz CT molecular complexity index is 1190. The molecule has 3 heterocycles. The predicted octanol–water partition coefficient (Wildman–Crippen LogP) is 2.97. The molecule has 0 saturated carbocycles. The number of nitrogens with zero attached hydrogens (tertiary/aromatic N) is 5. The number of aliphatic hydroxyl groups is 1. The van der Waals surface area contributed by atoms with Gasteiger partial charge in [-0.1, -0.05) is 6.07 Å². The largest absolute Gasteiger partial charge is 0.480 e. The van der Waals surface area contributed by atoms with Crippen molar-refractivity contribution in [1.82, 2.24) is 24.9 Å². The van der Waals surface area contributed by atoms with Gasteiger partial charge in [-0.25, -0.2) is 9.78 Å². The molecule has 34 heavy (non-hydrogen) atoms. The Labute approximate surface area is 185 Å². The molecular weight excluding hydrogens is 476 g/mol. The molecule has 0 spiro atoms. The molecule has 0 saturated heterocycles. The minimum absolute atomic E-state index is 0.181. The molecular formula is C18H13F6N7O3. The van der Waals surface area contributed by atoms with Gasteiger partial charge < -0.3 is 20.8 Å². The normalized spacial score (nSPS) is 12.8. The second-order valence-electron chi connectivity index (χ2n) is 6.48. The smallest absolute Gasteiger partial charge is 0.433 e. The third-order valence-electron chi connectivity index (χ3n) is 3.99. The number of aliphatic hydroxyl groups excluding tert-OH is 1. The number of hydrogen-bond donors (Lipinski definition) is 4. The second-order valence-corrected chi connectivity index (χ2v) is 6.48. The van der Waals surface area contributed by atoms with E-state index in [1.807, 2.05) is 0 Å². The molecule has 0 aliphatic heterocycles. The zero-order valence-electron chi connectivity index (χ0n) is 16.6. The van der Waals surface area contributed by atoms with Gasteiger partial charge in [-0.05, 0) is 24.3 Å². The van der Waals surface area contributed by atoms with Gasteiger partial charge in [0, 0.05) is 11.9 Å². The van der Waals surface area contributed by atoms with Crippen LogP contribution in [0.15, 0.2) is 36.5 Å². The first-order valence-corrected chi connectivity index (χ1v) is 9.08. The molecule has 0 aromatic carbocycles. The van der Waals surface area contributed by atoms with Gasteiger partial charge in [-0.2, -0.15) is 41.3 Å². The monoisotopic (exact) mass is 489 g/mol. The zero-order valence-corrected chi connectivity index (χ0v) is 16.6. The molecule has 0 radical (unpaired) electrons. The van der Waals surface area contributed by atoms with Crippen LogP contribution in [0.2, 0.25) is 0 Å². The average molecular weight is 489 g/mol. The summed E-state index contributed by atoms with van der Waals surface area (Å²) >= 11 is 0. The van der Waals surface area contributed by atoms with Crippen molar-refractivity contribution in [2.24, 2.45) is 0 Å². The van der Waals surface area contributed by atoms with E-state index >= 15 is 0 Å². The Morgan fingerprint density at radius 3 is 2.24 bits per heavy atom. The standard InChI is InChI=1S/C18H13F6N7O3/c19-17(20,21)11-3-1-2-9(27-11)13-29-15(31-16(30-13)28-10(7-32)14(33)34)26-8-4-5-25-12(6-8)18(22,23)24/h1-6,10,32H,7H2,(H,33,34)(H2,25,26,28,29,30,31)/t10-/m0/s1. The van der Waals surface area contributed by atoms with Crippen LogP contribution < -0.4 is 10.6 Å². The van der Waals surface area contributed by atoms with Crippen LogP contribution in [0.25, 0.3) is 11.5 Å². The third-order valence-corrected chi connectivity index (χ3v) is 3.99. The van der Waals surface area contributed by atoms with Crippen molar-refractivity contribution >= 4 is 23.6 Å². The van der Waals surface area contributed by atoms with Crippen LogP contribution in [0.3, 0.4) is 0 Å². The highest BCUT2D eigenvalue weighted by molar-refractivity contribution is 5.76. The van der Waals surface area contributed by atoms with E-state index in [1.54, 1.807) is 0 Å². The molecule has 0 amide bonds. The first-order chi connectivity index (χ1) is 15.9. The molecule has 180 valence electrons. The molecule has 0 unspecified atom stereocenters. The lowest BCUT2D eigenvalue weighted by Crippen LogP contribution is -2.33. The topological polar surface area (TPSA) is 146 Å². The molecule has 1 atom stereocenters. The number of aromatic nitrogens is 5. The number of carboxylic acid groups (broad SMARTS) is 1. The van der Waals surface area contributed by atoms with Crippen LogP contribution >= 0.6 is 0 Å². The van der Waals surface area contributed by atoms with Crippen LogP contribution in [0.4, 0.5) is 43.9 Å². The van der Waals surface area contributed by atoms with Crippen molar-refractivity contribution < 1.29 is 41.4 Å². The van der Waals surface area contributed by atoms with Crippen LogP contribution in [0.5, 0.6) is 0 Å². The number of carboxylic acids is 1. The van der Waals surface area contributed by atoms with Gasteiger partial charge in [0.15, 0.2) is 11.9 Å². The Balaban J connectivity index is 2.06. The van der Waals surface area contributed by atoms with E-state index in [1.165, 1.54) is 0 Å². The summed E-state index contributed by atoms with van der Waals surface area (Å²) in [4.78, 5) is 29.3. The summed E-state index contributed by atoms with van der Waals surface area (Å²) in [6.07, 6.45) is -8.69. The maximum atomic E-state index is 13.0. The van der Waals surface area contributed by atoms with Crippen molar-refractivity contribution in [3.05, 3.63) is 47.9 Å². The number of rotatable bonds is 7. The van der Waals surface area contributed by atoms with Gasteiger partial charge in [0.1, 0.15) is 17.1 Å². The first-order valence-electron chi connectivity index (χ1n) is 9.08. The fourth-order valence-electron chi connectivity index (χ4n) is 2.46. The van der Waals surface area contributed by atoms with Gasteiger partial charge in [0.05, 0.1) is 6.61 Å². The van der Waals surface area contributed by atoms with Crippen molar-refractivity contribution in [1.29, 1.82) is 0 Å². The fraction of sp³-hybridized carbons (Fsp3) is 0.222. The Kier molecular flexibility index (Phi) is 6.80. The summed E-state index contributed by atoms with van der Waals surface area (Å²) in [5.41, 5.74) is -3.07. The van der Waals surface area contributed by atoms with Gasteiger partial charge in [-0.15, -0.1) is 0 Å². The van der Waals surface area contributed by atoms with Gasteiger partial charge in [-0.3, -0.25) is 4.98 Å². The van der Waals surface area contributed by atoms with E-state index in [2.05, 4.69) is 35.6 Å². The highest BCUT2D eigenvalue weighted by atomic mass is 19.4. The second kappa shape index (κ2) is 9.42. The Morgan fingerprint density at radius 1 is 0.941 bits per heavy atom. The van der Waals surface area contributed by atoms with Crippen LogP contribution in [-0.4, -0.2) is 53.8 Å². The summed E-state index contributed by atoms with van der Waals surface area (Å²) < 4.78 is 77.9. The number of alkyl halides is 6. The highest BCUT2D eigenvalue weighted by Crippen LogP contribution is 2.31. The fourth-order valence-corrected chi connectivity index (χ4v) is 2.46. The summed E-state index contributed by atoms with van der Waals surface area (Å²) in [7, 11) is 0. The number of halogens is 6. The highest BCUT2D eigenvalue weighted by Gasteiger charge is 2.33. The van der Waals surface area contributed by atoms with E-state index in [9.17, 15) is 36.2 Å². The number of pyridine rings is 2. The van der Waals surface area contributed by atoms with E-state index in [4.69, 9.17) is 5.11 Å². The number of hydrogen-bond acceptors (Lipinski definition) is 9. The number of anilines is 3. The quantitative estimate of drug-likeness (QED) is 0.366. The average Bonchev–Trinajstić information content (AvgIpc) is 2.76. The Hall–Kier alpha value is -4.08. The van der Waals surface area contributed by atoms with Crippen LogP contribution in [0, 0.1) is 0 Å². The number of nitrogens with one attached hydrogen (secondary N) is 2. The van der Waals surface area contributed by atoms with Crippen LogP contribution in [0.1, 0.15) is 11.4 Å². The molecule has 3 rings (SSSR count). The van der Waals surface area contributed by atoms with Crippen LogP contribution in [-0.2, 0) is 17.1 Å². The third kappa shape index (κ3) is 6.03. The van der Waals surface area contributed by atoms with E-state index in [-0.39, 0.29) is 11.4 Å². The van der Waals surface area contributed by atoms with E-state index in [0.29, 0.717) is 12.1 Å².